The molecule has 2 aromatic heterocycles. The minimum absolute atomic E-state index is 0.381. The van der Waals surface area contributed by atoms with Crippen molar-refractivity contribution in [2.24, 2.45) is 0 Å². The molecule has 0 spiro atoms. The predicted molar refractivity (Wildman–Crippen MR) is 112 cm³/mol. The van der Waals surface area contributed by atoms with Crippen LogP contribution >= 0.6 is 0 Å². The second-order valence-corrected chi connectivity index (χ2v) is 7.20. The van der Waals surface area contributed by atoms with Gasteiger partial charge in [-0.15, -0.1) is 5.10 Å². The summed E-state index contributed by atoms with van der Waals surface area (Å²) < 4.78 is 2.03. The molecule has 7 heteroatoms. The molecular weight excluding hydrogens is 362 g/mol. The van der Waals surface area contributed by atoms with Crippen LogP contribution in [0, 0.1) is 0 Å². The number of hydrogen-bond donors (Lipinski definition) is 1. The first kappa shape index (κ1) is 19.0. The summed E-state index contributed by atoms with van der Waals surface area (Å²) in [6.45, 7) is 7.19. The van der Waals surface area contributed by atoms with Crippen molar-refractivity contribution in [1.29, 1.82) is 0 Å². The van der Waals surface area contributed by atoms with Crippen LogP contribution in [0.1, 0.15) is 50.3 Å². The van der Waals surface area contributed by atoms with Gasteiger partial charge in [-0.1, -0.05) is 69.3 Å². The van der Waals surface area contributed by atoms with Crippen molar-refractivity contribution in [3.05, 3.63) is 65.7 Å². The van der Waals surface area contributed by atoms with Crippen molar-refractivity contribution in [3.63, 3.8) is 0 Å². The first-order valence-electron chi connectivity index (χ1n) is 10.1. The Balaban J connectivity index is 1.60. The Bertz CT molecular complexity index is 1070. The van der Waals surface area contributed by atoms with E-state index >= 15 is 0 Å². The molecular formula is C22H25N7. The molecule has 0 aliphatic heterocycles. The maximum atomic E-state index is 4.75. The fourth-order valence-corrected chi connectivity index (χ4v) is 3.35. The number of aromatic amines is 1. The molecule has 0 bridgehead atoms. The summed E-state index contributed by atoms with van der Waals surface area (Å²) in [6.07, 6.45) is 1.92. The van der Waals surface area contributed by atoms with Gasteiger partial charge in [0.2, 0.25) is 0 Å². The number of aryl methyl sites for hydroxylation is 1. The number of nitrogens with one attached hydrogen (secondary N) is 1. The summed E-state index contributed by atoms with van der Waals surface area (Å²) in [6, 6.07) is 16.7. The number of aromatic nitrogens is 7. The Labute approximate surface area is 170 Å². The fraction of sp³-hybridized carbons (Fsp3) is 0.318. The molecule has 7 nitrogen and oxygen atoms in total. The highest BCUT2D eigenvalue weighted by molar-refractivity contribution is 5.80. The molecule has 148 valence electrons. The van der Waals surface area contributed by atoms with Crippen LogP contribution in [0.3, 0.4) is 0 Å². The lowest BCUT2D eigenvalue weighted by molar-refractivity contribution is 0.615. The normalized spacial score (nSPS) is 12.2. The Morgan fingerprint density at radius 1 is 1.00 bits per heavy atom. The van der Waals surface area contributed by atoms with Crippen LogP contribution in [0.2, 0.25) is 0 Å². The summed E-state index contributed by atoms with van der Waals surface area (Å²) in [5.74, 6) is 3.02. The largest absolute Gasteiger partial charge is 0.245 e. The molecule has 1 atom stereocenters. The quantitative estimate of drug-likeness (QED) is 0.512. The smallest absolute Gasteiger partial charge is 0.180 e. The molecule has 0 radical (unpaired) electrons. The average Bonchev–Trinajstić information content (AvgIpc) is 3.44. The lowest BCUT2D eigenvalue weighted by Gasteiger charge is -2.09. The Morgan fingerprint density at radius 2 is 1.76 bits per heavy atom. The lowest BCUT2D eigenvalue weighted by Crippen LogP contribution is -2.06. The van der Waals surface area contributed by atoms with Crippen LogP contribution in [0.15, 0.2) is 48.5 Å². The van der Waals surface area contributed by atoms with Crippen LogP contribution < -0.4 is 0 Å². The second kappa shape index (κ2) is 8.34. The molecule has 4 rings (SSSR count). The van der Waals surface area contributed by atoms with Gasteiger partial charge in [0.1, 0.15) is 5.82 Å². The number of benzene rings is 2. The zero-order valence-corrected chi connectivity index (χ0v) is 17.0. The summed E-state index contributed by atoms with van der Waals surface area (Å²) in [7, 11) is 0. The molecule has 0 saturated heterocycles. The maximum absolute atomic E-state index is 4.75. The SMILES string of the molecule is CCc1nc(C(C)CC)nn1Cc1ccc(-c2ccccc2-c2nnn[nH]2)cc1. The topological polar surface area (TPSA) is 85.2 Å². The molecule has 1 N–H and O–H groups in total. The standard InChI is InChI=1S/C22H25N7/c1-4-15(3)21-23-20(5-2)29(26-21)14-16-10-12-17(13-11-16)18-8-6-7-9-19(18)22-24-27-28-25-22/h6-13,15H,4-5,14H2,1-3H3,(H,24,25,27,28). The number of nitrogens with zero attached hydrogens (tertiary/aromatic N) is 6. The van der Waals surface area contributed by atoms with Gasteiger partial charge in [-0.3, -0.25) is 0 Å². The zero-order valence-electron chi connectivity index (χ0n) is 17.0. The number of tetrazole rings is 1. The minimum atomic E-state index is 0.381. The molecule has 0 aliphatic rings. The van der Waals surface area contributed by atoms with E-state index < -0.39 is 0 Å². The van der Waals surface area contributed by atoms with Crippen molar-refractivity contribution < 1.29 is 0 Å². The summed E-state index contributed by atoms with van der Waals surface area (Å²) >= 11 is 0. The molecule has 0 saturated carbocycles. The van der Waals surface area contributed by atoms with E-state index in [4.69, 9.17) is 10.1 Å². The Kier molecular flexibility index (Phi) is 5.46. The van der Waals surface area contributed by atoms with E-state index in [9.17, 15) is 0 Å². The highest BCUT2D eigenvalue weighted by Gasteiger charge is 2.14. The molecule has 0 aliphatic carbocycles. The van der Waals surface area contributed by atoms with Crippen LogP contribution in [0.5, 0.6) is 0 Å². The van der Waals surface area contributed by atoms with Crippen molar-refractivity contribution in [2.45, 2.75) is 46.1 Å². The van der Waals surface area contributed by atoms with Gasteiger partial charge >= 0.3 is 0 Å². The van der Waals surface area contributed by atoms with Gasteiger partial charge in [0.05, 0.1) is 6.54 Å². The summed E-state index contributed by atoms with van der Waals surface area (Å²) in [4.78, 5) is 4.73. The van der Waals surface area contributed by atoms with E-state index in [1.165, 1.54) is 5.56 Å². The Morgan fingerprint density at radius 3 is 2.41 bits per heavy atom. The first-order valence-corrected chi connectivity index (χ1v) is 10.1. The maximum Gasteiger partial charge on any atom is 0.180 e. The van der Waals surface area contributed by atoms with E-state index in [1.807, 2.05) is 22.9 Å². The molecule has 0 amide bonds. The van der Waals surface area contributed by atoms with Gasteiger partial charge in [-0.2, -0.15) is 5.10 Å². The first-order chi connectivity index (χ1) is 14.2. The molecule has 2 heterocycles. The third-order valence-corrected chi connectivity index (χ3v) is 5.26. The summed E-state index contributed by atoms with van der Waals surface area (Å²) in [5.41, 5.74) is 4.39. The van der Waals surface area contributed by atoms with Gasteiger partial charge in [-0.25, -0.2) is 14.8 Å². The Hall–Kier alpha value is -3.35. The van der Waals surface area contributed by atoms with Gasteiger partial charge < -0.3 is 0 Å². The van der Waals surface area contributed by atoms with E-state index in [0.717, 1.165) is 47.7 Å². The van der Waals surface area contributed by atoms with Gasteiger partial charge in [0, 0.05) is 17.9 Å². The minimum Gasteiger partial charge on any atom is -0.245 e. The fourth-order valence-electron chi connectivity index (χ4n) is 3.35. The lowest BCUT2D eigenvalue weighted by atomic mass is 9.98. The molecule has 29 heavy (non-hydrogen) atoms. The zero-order chi connectivity index (χ0) is 20.2. The highest BCUT2D eigenvalue weighted by atomic mass is 15.5. The van der Waals surface area contributed by atoms with E-state index in [1.54, 1.807) is 0 Å². The van der Waals surface area contributed by atoms with Gasteiger partial charge in [-0.05, 0) is 33.5 Å². The van der Waals surface area contributed by atoms with E-state index in [2.05, 4.69) is 71.7 Å². The number of rotatable bonds is 7. The van der Waals surface area contributed by atoms with Crippen LogP contribution in [-0.4, -0.2) is 35.4 Å². The monoisotopic (exact) mass is 387 g/mol. The van der Waals surface area contributed by atoms with Crippen molar-refractivity contribution in [2.75, 3.05) is 0 Å². The van der Waals surface area contributed by atoms with Gasteiger partial charge in [0.25, 0.3) is 0 Å². The van der Waals surface area contributed by atoms with Crippen molar-refractivity contribution >= 4 is 0 Å². The predicted octanol–water partition coefficient (Wildman–Crippen LogP) is 4.25. The van der Waals surface area contributed by atoms with E-state index in [-0.39, 0.29) is 0 Å². The highest BCUT2D eigenvalue weighted by Crippen LogP contribution is 2.29. The average molecular weight is 387 g/mol. The number of H-pyrrole nitrogens is 1. The molecule has 0 fully saturated rings. The molecule has 4 aromatic rings. The second-order valence-electron chi connectivity index (χ2n) is 7.20. The van der Waals surface area contributed by atoms with Crippen LogP contribution in [-0.2, 0) is 13.0 Å². The molecule has 2 aromatic carbocycles. The third-order valence-electron chi connectivity index (χ3n) is 5.26. The van der Waals surface area contributed by atoms with Crippen LogP contribution in [0.4, 0.5) is 0 Å². The number of hydrogen-bond acceptors (Lipinski definition) is 5. The van der Waals surface area contributed by atoms with Crippen molar-refractivity contribution in [1.82, 2.24) is 35.4 Å². The van der Waals surface area contributed by atoms with Gasteiger partial charge in [0.15, 0.2) is 11.6 Å². The van der Waals surface area contributed by atoms with Crippen LogP contribution in [0.25, 0.3) is 22.5 Å². The molecule has 1 unspecified atom stereocenters. The summed E-state index contributed by atoms with van der Waals surface area (Å²) in [5, 5.41) is 19.0. The third kappa shape index (κ3) is 3.94. The van der Waals surface area contributed by atoms with Crippen molar-refractivity contribution in [3.8, 4) is 22.5 Å². The van der Waals surface area contributed by atoms with E-state index in [0.29, 0.717) is 11.7 Å².